The minimum Gasteiger partial charge on any atom is -0.477 e. The van der Waals surface area contributed by atoms with Crippen LogP contribution in [-0.2, 0) is 0 Å². The molecule has 0 spiro atoms. The van der Waals surface area contributed by atoms with Crippen LogP contribution in [0.25, 0.3) is 0 Å². The average Bonchev–Trinajstić information content (AvgIpc) is 2.56. The summed E-state index contributed by atoms with van der Waals surface area (Å²) in [6.07, 6.45) is 5.00. The van der Waals surface area contributed by atoms with Crippen LogP contribution in [0, 0.1) is 3.57 Å². The number of hydrogen-bond acceptors (Lipinski definition) is 1. The second-order valence-corrected chi connectivity index (χ2v) is 4.85. The van der Waals surface area contributed by atoms with Crippen LogP contribution in [0.5, 0.6) is 0 Å². The summed E-state index contributed by atoms with van der Waals surface area (Å²) in [5.41, 5.74) is 0.403. The summed E-state index contributed by atoms with van der Waals surface area (Å²) >= 11 is 2.15. The van der Waals surface area contributed by atoms with E-state index in [9.17, 15) is 4.79 Å². The second kappa shape index (κ2) is 5.53. The SMILES string of the molecule is CCCC(CC)n1cc(I)cc1C(=O)O. The summed E-state index contributed by atoms with van der Waals surface area (Å²) in [6, 6.07) is 2.03. The van der Waals surface area contributed by atoms with E-state index in [1.165, 1.54) is 0 Å². The molecule has 0 aliphatic heterocycles. The molecule has 1 N–H and O–H groups in total. The first kappa shape index (κ1) is 12.5. The van der Waals surface area contributed by atoms with Gasteiger partial charge in [-0.15, -0.1) is 0 Å². The lowest BCUT2D eigenvalue weighted by Gasteiger charge is -2.17. The maximum atomic E-state index is 11.0. The molecular formula is C11H16INO2. The average molecular weight is 321 g/mol. The van der Waals surface area contributed by atoms with E-state index in [1.54, 1.807) is 6.07 Å². The lowest BCUT2D eigenvalue weighted by molar-refractivity contribution is 0.0682. The van der Waals surface area contributed by atoms with Gasteiger partial charge in [0, 0.05) is 15.8 Å². The minimum absolute atomic E-state index is 0.310. The molecule has 4 heteroatoms. The molecule has 1 rings (SSSR count). The fourth-order valence-electron chi connectivity index (χ4n) is 1.79. The third kappa shape index (κ3) is 2.96. The Hall–Kier alpha value is -0.520. The Morgan fingerprint density at radius 2 is 2.27 bits per heavy atom. The molecule has 0 bridgehead atoms. The molecule has 0 aliphatic carbocycles. The molecule has 0 aromatic carbocycles. The van der Waals surface area contributed by atoms with E-state index in [0.717, 1.165) is 22.8 Å². The highest BCUT2D eigenvalue weighted by atomic mass is 127. The molecule has 15 heavy (non-hydrogen) atoms. The number of carbonyl (C=O) groups is 1. The van der Waals surface area contributed by atoms with Gasteiger partial charge in [-0.3, -0.25) is 0 Å². The van der Waals surface area contributed by atoms with Crippen LogP contribution >= 0.6 is 22.6 Å². The zero-order valence-corrected chi connectivity index (χ0v) is 11.2. The van der Waals surface area contributed by atoms with Crippen LogP contribution < -0.4 is 0 Å². The van der Waals surface area contributed by atoms with Gasteiger partial charge >= 0.3 is 5.97 Å². The van der Waals surface area contributed by atoms with Crippen LogP contribution in [0.3, 0.4) is 0 Å². The van der Waals surface area contributed by atoms with Gasteiger partial charge in [-0.1, -0.05) is 20.3 Å². The molecule has 1 unspecified atom stereocenters. The van der Waals surface area contributed by atoms with E-state index in [-0.39, 0.29) is 0 Å². The van der Waals surface area contributed by atoms with Crippen molar-refractivity contribution in [2.75, 3.05) is 0 Å². The molecule has 0 fully saturated rings. The number of carboxylic acids is 1. The molecule has 1 aromatic heterocycles. The smallest absolute Gasteiger partial charge is 0.352 e. The van der Waals surface area contributed by atoms with Crippen molar-refractivity contribution in [1.29, 1.82) is 0 Å². The van der Waals surface area contributed by atoms with Crippen LogP contribution in [0.1, 0.15) is 49.6 Å². The minimum atomic E-state index is -0.840. The topological polar surface area (TPSA) is 42.2 Å². The lowest BCUT2D eigenvalue weighted by Crippen LogP contribution is -2.13. The second-order valence-electron chi connectivity index (χ2n) is 3.61. The van der Waals surface area contributed by atoms with Gasteiger partial charge in [0.25, 0.3) is 0 Å². The molecular weight excluding hydrogens is 305 g/mol. The highest BCUT2D eigenvalue weighted by Crippen LogP contribution is 2.23. The van der Waals surface area contributed by atoms with E-state index in [0.29, 0.717) is 11.7 Å². The van der Waals surface area contributed by atoms with Gasteiger partial charge < -0.3 is 9.67 Å². The standard InChI is InChI=1S/C11H16INO2/c1-3-5-9(4-2)13-7-8(12)6-10(13)11(14)15/h6-7,9H,3-5H2,1-2H3,(H,14,15). The first-order valence-corrected chi connectivity index (χ1v) is 6.28. The molecule has 84 valence electrons. The van der Waals surface area contributed by atoms with E-state index >= 15 is 0 Å². The quantitative estimate of drug-likeness (QED) is 0.843. The van der Waals surface area contributed by atoms with E-state index in [1.807, 2.05) is 10.8 Å². The first-order chi connectivity index (χ1) is 7.10. The third-order valence-corrected chi connectivity index (χ3v) is 3.11. The summed E-state index contributed by atoms with van der Waals surface area (Å²) in [7, 11) is 0. The molecule has 0 radical (unpaired) electrons. The summed E-state index contributed by atoms with van der Waals surface area (Å²) in [5, 5.41) is 9.07. The van der Waals surface area contributed by atoms with Gasteiger partial charge in [-0.2, -0.15) is 0 Å². The highest BCUT2D eigenvalue weighted by molar-refractivity contribution is 14.1. The van der Waals surface area contributed by atoms with Crippen molar-refractivity contribution in [2.45, 2.75) is 39.2 Å². The Labute approximate surface area is 104 Å². The van der Waals surface area contributed by atoms with Crippen LogP contribution in [0.4, 0.5) is 0 Å². The van der Waals surface area contributed by atoms with Crippen molar-refractivity contribution in [3.05, 3.63) is 21.5 Å². The molecule has 0 aliphatic rings. The number of carboxylic acid groups (broad SMARTS) is 1. The Bertz CT molecular complexity index is 346. The van der Waals surface area contributed by atoms with Crippen molar-refractivity contribution in [3.8, 4) is 0 Å². The Balaban J connectivity index is 3.04. The van der Waals surface area contributed by atoms with Gasteiger partial charge in [0.15, 0.2) is 0 Å². The van der Waals surface area contributed by atoms with Gasteiger partial charge in [-0.25, -0.2) is 4.79 Å². The van der Waals surface area contributed by atoms with E-state index < -0.39 is 5.97 Å². The van der Waals surface area contributed by atoms with Crippen LogP contribution in [-0.4, -0.2) is 15.6 Å². The monoisotopic (exact) mass is 321 g/mol. The normalized spacial score (nSPS) is 12.7. The predicted octanol–water partition coefficient (Wildman–Crippen LogP) is 3.54. The van der Waals surface area contributed by atoms with Crippen molar-refractivity contribution in [1.82, 2.24) is 4.57 Å². The van der Waals surface area contributed by atoms with Crippen molar-refractivity contribution >= 4 is 28.6 Å². The molecule has 1 atom stereocenters. The lowest BCUT2D eigenvalue weighted by atomic mass is 10.1. The van der Waals surface area contributed by atoms with E-state index in [4.69, 9.17) is 5.11 Å². The van der Waals surface area contributed by atoms with E-state index in [2.05, 4.69) is 36.4 Å². The number of hydrogen-bond donors (Lipinski definition) is 1. The number of aromatic carboxylic acids is 1. The molecule has 0 saturated carbocycles. The third-order valence-electron chi connectivity index (χ3n) is 2.52. The van der Waals surface area contributed by atoms with Crippen molar-refractivity contribution < 1.29 is 9.90 Å². The molecule has 1 heterocycles. The molecule has 0 saturated heterocycles. The maximum Gasteiger partial charge on any atom is 0.352 e. The Morgan fingerprint density at radius 1 is 1.60 bits per heavy atom. The molecule has 0 amide bonds. The van der Waals surface area contributed by atoms with Crippen molar-refractivity contribution in [3.63, 3.8) is 0 Å². The van der Waals surface area contributed by atoms with Gasteiger partial charge in [-0.05, 0) is 41.5 Å². The van der Waals surface area contributed by atoms with Gasteiger partial charge in [0.05, 0.1) is 0 Å². The number of aromatic nitrogens is 1. The summed E-state index contributed by atoms with van der Waals surface area (Å²) in [5.74, 6) is -0.840. The summed E-state index contributed by atoms with van der Waals surface area (Å²) in [6.45, 7) is 4.22. The highest BCUT2D eigenvalue weighted by Gasteiger charge is 2.17. The number of rotatable bonds is 5. The zero-order valence-electron chi connectivity index (χ0n) is 9.03. The van der Waals surface area contributed by atoms with Crippen LogP contribution in [0.2, 0.25) is 0 Å². The fourth-order valence-corrected chi connectivity index (χ4v) is 2.39. The number of halogens is 1. The zero-order chi connectivity index (χ0) is 11.4. The fraction of sp³-hybridized carbons (Fsp3) is 0.545. The largest absolute Gasteiger partial charge is 0.477 e. The molecule has 1 aromatic rings. The maximum absolute atomic E-state index is 11.0. The summed E-state index contributed by atoms with van der Waals surface area (Å²) < 4.78 is 2.88. The van der Waals surface area contributed by atoms with Crippen molar-refractivity contribution in [2.24, 2.45) is 0 Å². The van der Waals surface area contributed by atoms with Gasteiger partial charge in [0.1, 0.15) is 5.69 Å². The number of nitrogens with zero attached hydrogens (tertiary/aromatic N) is 1. The first-order valence-electron chi connectivity index (χ1n) is 5.20. The predicted molar refractivity (Wildman–Crippen MR) is 68.3 cm³/mol. The van der Waals surface area contributed by atoms with Crippen LogP contribution in [0.15, 0.2) is 12.3 Å². The molecule has 3 nitrogen and oxygen atoms in total. The summed E-state index contributed by atoms with van der Waals surface area (Å²) in [4.78, 5) is 11.0. The van der Waals surface area contributed by atoms with Gasteiger partial charge in [0.2, 0.25) is 0 Å². The Morgan fingerprint density at radius 3 is 2.73 bits per heavy atom. The Kier molecular flexibility index (Phi) is 4.63.